The van der Waals surface area contributed by atoms with Gasteiger partial charge in [0.15, 0.2) is 0 Å². The van der Waals surface area contributed by atoms with Gasteiger partial charge in [0.1, 0.15) is 5.82 Å². The molecule has 0 amide bonds. The summed E-state index contributed by atoms with van der Waals surface area (Å²) in [6.07, 6.45) is -4.92. The summed E-state index contributed by atoms with van der Waals surface area (Å²) in [6, 6.07) is 16.9. The average Bonchev–Trinajstić information content (AvgIpc) is 3.09. The minimum atomic E-state index is -4.92. The maximum atomic E-state index is 13.8. The number of nitrogens with zero attached hydrogens (tertiary/aromatic N) is 3. The molecule has 32 heavy (non-hydrogen) atoms. The Kier molecular flexibility index (Phi) is 5.41. The van der Waals surface area contributed by atoms with Crippen LogP contribution in [0.1, 0.15) is 11.1 Å². The number of fused-ring (bicyclic) bond motifs is 1. The van der Waals surface area contributed by atoms with E-state index >= 15 is 0 Å². The zero-order valence-electron chi connectivity index (χ0n) is 16.7. The third-order valence-electron chi connectivity index (χ3n) is 4.98. The van der Waals surface area contributed by atoms with Crippen LogP contribution in [-0.4, -0.2) is 18.0 Å². The first kappa shape index (κ1) is 21.8. The number of hydrogen-bond donors (Lipinski definition) is 0. The van der Waals surface area contributed by atoms with Crippen LogP contribution in [0.2, 0.25) is 0 Å². The quantitative estimate of drug-likeness (QED) is 0.386. The van der Waals surface area contributed by atoms with Gasteiger partial charge in [-0.3, -0.25) is 0 Å². The van der Waals surface area contributed by atoms with Gasteiger partial charge in [-0.2, -0.15) is 13.2 Å². The monoisotopic (exact) mass is 463 g/mol. The van der Waals surface area contributed by atoms with Crippen molar-refractivity contribution in [2.24, 2.45) is 7.05 Å². The van der Waals surface area contributed by atoms with Crippen molar-refractivity contribution in [3.8, 4) is 0 Å². The lowest BCUT2D eigenvalue weighted by molar-refractivity contribution is -0.140. The summed E-state index contributed by atoms with van der Waals surface area (Å²) in [4.78, 5) is 4.35. The predicted octanol–water partition coefficient (Wildman–Crippen LogP) is 5.13. The van der Waals surface area contributed by atoms with Crippen LogP contribution in [-0.2, 0) is 29.8 Å². The fraction of sp³-hybridized carbons (Fsp3) is 0.136. The third-order valence-corrected chi connectivity index (χ3v) is 6.72. The molecular weight excluding hydrogens is 446 g/mol. The van der Waals surface area contributed by atoms with Gasteiger partial charge in [-0.05, 0) is 42.0 Å². The van der Waals surface area contributed by atoms with Crippen molar-refractivity contribution in [1.29, 1.82) is 0 Å². The SMILES string of the molecule is Cn1c(N(Cc2ccc(F)c(C(F)(F)F)c2)S(=O)(=O)c2ccccc2)nc2ccccc21. The first-order valence-corrected chi connectivity index (χ1v) is 10.9. The maximum Gasteiger partial charge on any atom is 0.419 e. The van der Waals surface area contributed by atoms with Crippen LogP contribution in [0.25, 0.3) is 11.0 Å². The van der Waals surface area contributed by atoms with E-state index in [0.29, 0.717) is 23.2 Å². The topological polar surface area (TPSA) is 55.2 Å². The number of aromatic nitrogens is 2. The molecule has 1 heterocycles. The van der Waals surface area contributed by atoms with Crippen molar-refractivity contribution in [3.05, 3.63) is 89.7 Å². The third kappa shape index (κ3) is 3.93. The first-order chi connectivity index (χ1) is 15.1. The van der Waals surface area contributed by atoms with E-state index in [-0.39, 0.29) is 16.4 Å². The number of alkyl halides is 3. The van der Waals surface area contributed by atoms with E-state index in [2.05, 4.69) is 4.98 Å². The fourth-order valence-corrected chi connectivity index (χ4v) is 4.85. The maximum absolute atomic E-state index is 13.8. The molecule has 0 atom stereocenters. The van der Waals surface area contributed by atoms with Crippen molar-refractivity contribution in [3.63, 3.8) is 0 Å². The summed E-state index contributed by atoms with van der Waals surface area (Å²) in [6.45, 7) is -0.474. The normalized spacial score (nSPS) is 12.3. The van der Waals surface area contributed by atoms with E-state index in [9.17, 15) is 26.0 Å². The lowest BCUT2D eigenvalue weighted by Crippen LogP contribution is -2.32. The summed E-state index contributed by atoms with van der Waals surface area (Å²) in [5.41, 5.74) is -0.332. The zero-order valence-corrected chi connectivity index (χ0v) is 17.5. The molecule has 0 fully saturated rings. The minimum absolute atomic E-state index is 0.0212. The molecule has 0 saturated heterocycles. The fourth-order valence-electron chi connectivity index (χ4n) is 3.39. The van der Waals surface area contributed by atoms with Crippen LogP contribution in [0, 0.1) is 5.82 Å². The molecule has 4 aromatic rings. The second-order valence-electron chi connectivity index (χ2n) is 7.10. The molecule has 1 aromatic heterocycles. The van der Waals surface area contributed by atoms with Gasteiger partial charge in [-0.1, -0.05) is 36.4 Å². The number of anilines is 1. The van der Waals surface area contributed by atoms with Crippen LogP contribution in [0.3, 0.4) is 0 Å². The molecule has 10 heteroatoms. The van der Waals surface area contributed by atoms with Gasteiger partial charge in [0.2, 0.25) is 5.95 Å². The van der Waals surface area contributed by atoms with Crippen molar-refractivity contribution in [2.45, 2.75) is 17.6 Å². The summed E-state index contributed by atoms with van der Waals surface area (Å²) in [7, 11) is -2.59. The Morgan fingerprint density at radius 2 is 1.62 bits per heavy atom. The molecule has 0 aliphatic rings. The molecule has 5 nitrogen and oxygen atoms in total. The van der Waals surface area contributed by atoms with Gasteiger partial charge >= 0.3 is 6.18 Å². The molecule has 0 unspecified atom stereocenters. The Bertz CT molecular complexity index is 1380. The number of rotatable bonds is 5. The van der Waals surface area contributed by atoms with E-state index in [0.717, 1.165) is 10.4 Å². The molecular formula is C22H17F4N3O2S. The van der Waals surface area contributed by atoms with Crippen LogP contribution < -0.4 is 4.31 Å². The van der Waals surface area contributed by atoms with E-state index in [1.807, 2.05) is 0 Å². The summed E-state index contributed by atoms with van der Waals surface area (Å²) >= 11 is 0. The Morgan fingerprint density at radius 1 is 0.969 bits per heavy atom. The van der Waals surface area contributed by atoms with E-state index in [1.54, 1.807) is 54.1 Å². The van der Waals surface area contributed by atoms with E-state index in [4.69, 9.17) is 0 Å². The van der Waals surface area contributed by atoms with Crippen molar-refractivity contribution >= 4 is 27.0 Å². The Hall–Kier alpha value is -3.40. The molecule has 0 N–H and O–H groups in total. The molecule has 0 saturated carbocycles. The lowest BCUT2D eigenvalue weighted by Gasteiger charge is -2.24. The standard InChI is InChI=1S/C22H17F4N3O2S/c1-28-20-10-6-5-9-19(20)27-21(28)29(32(30,31)16-7-3-2-4-8-16)14-15-11-12-18(23)17(13-15)22(24,25)26/h2-13H,14H2,1H3. The second kappa shape index (κ2) is 7.94. The number of hydrogen-bond acceptors (Lipinski definition) is 3. The van der Waals surface area contributed by atoms with Crippen LogP contribution in [0.15, 0.2) is 77.7 Å². The molecule has 0 bridgehead atoms. The zero-order chi connectivity index (χ0) is 23.1. The number of benzene rings is 3. The van der Waals surface area contributed by atoms with Crippen molar-refractivity contribution in [2.75, 3.05) is 4.31 Å². The molecule has 4 rings (SSSR count). The van der Waals surface area contributed by atoms with Gasteiger partial charge < -0.3 is 4.57 Å². The Labute approximate surface area is 181 Å². The van der Waals surface area contributed by atoms with Crippen molar-refractivity contribution < 1.29 is 26.0 Å². The van der Waals surface area contributed by atoms with Gasteiger partial charge in [-0.25, -0.2) is 22.1 Å². The van der Waals surface area contributed by atoms with Crippen LogP contribution in [0.5, 0.6) is 0 Å². The average molecular weight is 463 g/mol. The summed E-state index contributed by atoms with van der Waals surface area (Å²) in [5.74, 6) is -1.41. The Balaban J connectivity index is 1.88. The molecule has 0 aliphatic carbocycles. The molecule has 0 radical (unpaired) electrons. The number of imidazole rings is 1. The smallest absolute Gasteiger partial charge is 0.312 e. The van der Waals surface area contributed by atoms with Crippen LogP contribution in [0.4, 0.5) is 23.5 Å². The number of halogens is 4. The highest BCUT2D eigenvalue weighted by Crippen LogP contribution is 2.33. The number of para-hydroxylation sites is 2. The highest BCUT2D eigenvalue weighted by atomic mass is 32.2. The van der Waals surface area contributed by atoms with Crippen LogP contribution >= 0.6 is 0 Å². The molecule has 0 spiro atoms. The number of aryl methyl sites for hydroxylation is 1. The van der Waals surface area contributed by atoms with Gasteiger partial charge in [0, 0.05) is 7.05 Å². The van der Waals surface area contributed by atoms with E-state index in [1.165, 1.54) is 12.1 Å². The predicted molar refractivity (Wildman–Crippen MR) is 112 cm³/mol. The largest absolute Gasteiger partial charge is 0.419 e. The minimum Gasteiger partial charge on any atom is -0.312 e. The lowest BCUT2D eigenvalue weighted by atomic mass is 10.1. The van der Waals surface area contributed by atoms with Gasteiger partial charge in [0.25, 0.3) is 10.0 Å². The molecule has 166 valence electrons. The highest BCUT2D eigenvalue weighted by Gasteiger charge is 2.35. The van der Waals surface area contributed by atoms with Gasteiger partial charge in [-0.15, -0.1) is 0 Å². The van der Waals surface area contributed by atoms with Gasteiger partial charge in [0.05, 0.1) is 28.0 Å². The highest BCUT2D eigenvalue weighted by molar-refractivity contribution is 7.92. The van der Waals surface area contributed by atoms with Crippen molar-refractivity contribution in [1.82, 2.24) is 9.55 Å². The molecule has 0 aliphatic heterocycles. The molecule has 3 aromatic carbocycles. The Morgan fingerprint density at radius 3 is 2.28 bits per heavy atom. The second-order valence-corrected chi connectivity index (χ2v) is 8.96. The summed E-state index contributed by atoms with van der Waals surface area (Å²) < 4.78 is 82.8. The first-order valence-electron chi connectivity index (χ1n) is 9.44. The van der Waals surface area contributed by atoms with E-state index < -0.39 is 34.1 Å². The summed E-state index contributed by atoms with van der Waals surface area (Å²) in [5, 5.41) is 0. The number of sulfonamides is 1.